The average molecular weight is 237 g/mol. The van der Waals surface area contributed by atoms with Crippen molar-refractivity contribution >= 4 is 11.7 Å². The molecule has 0 radical (unpaired) electrons. The normalized spacial score (nSPS) is 10.4. The van der Waals surface area contributed by atoms with Crippen molar-refractivity contribution in [1.29, 1.82) is 0 Å². The summed E-state index contributed by atoms with van der Waals surface area (Å²) < 4.78 is 0. The zero-order valence-electron chi connectivity index (χ0n) is 10.5. The van der Waals surface area contributed by atoms with Crippen molar-refractivity contribution in [3.8, 4) is 0 Å². The quantitative estimate of drug-likeness (QED) is 0.739. The lowest BCUT2D eigenvalue weighted by atomic mass is 10.4. The summed E-state index contributed by atoms with van der Waals surface area (Å²) in [5.74, 6) is 0.486. The van der Waals surface area contributed by atoms with E-state index in [0.717, 1.165) is 13.1 Å². The first-order chi connectivity index (χ1) is 8.13. The molecule has 1 aromatic heterocycles. The molecule has 0 atom stereocenters. The van der Waals surface area contributed by atoms with Crippen LogP contribution in [0, 0.1) is 0 Å². The maximum atomic E-state index is 11.6. The van der Waals surface area contributed by atoms with Crippen molar-refractivity contribution in [2.75, 3.05) is 39.0 Å². The predicted octanol–water partition coefficient (Wildman–Crippen LogP) is 0.200. The summed E-state index contributed by atoms with van der Waals surface area (Å²) >= 11 is 0. The molecule has 1 amide bonds. The number of rotatable bonds is 6. The second-order valence-corrected chi connectivity index (χ2v) is 3.88. The summed E-state index contributed by atoms with van der Waals surface area (Å²) in [6.45, 7) is 4.16. The Labute approximate surface area is 101 Å². The Bertz CT molecular complexity index is 349. The number of nitrogens with zero attached hydrogens (tertiary/aromatic N) is 3. The third-order valence-corrected chi connectivity index (χ3v) is 2.09. The Kier molecular flexibility index (Phi) is 5.35. The van der Waals surface area contributed by atoms with E-state index in [9.17, 15) is 4.79 Å². The van der Waals surface area contributed by atoms with Gasteiger partial charge in [-0.15, -0.1) is 0 Å². The fourth-order valence-corrected chi connectivity index (χ4v) is 1.20. The van der Waals surface area contributed by atoms with Crippen LogP contribution in [0.15, 0.2) is 12.4 Å². The number of nitrogens with one attached hydrogen (secondary N) is 2. The van der Waals surface area contributed by atoms with Gasteiger partial charge in [-0.05, 0) is 21.0 Å². The van der Waals surface area contributed by atoms with Gasteiger partial charge in [0.15, 0.2) is 0 Å². The highest BCUT2D eigenvalue weighted by Crippen LogP contribution is 2.00. The van der Waals surface area contributed by atoms with Gasteiger partial charge in [-0.1, -0.05) is 0 Å². The van der Waals surface area contributed by atoms with Crippen LogP contribution in [0.1, 0.15) is 17.4 Å². The van der Waals surface area contributed by atoms with Gasteiger partial charge < -0.3 is 15.5 Å². The Balaban J connectivity index is 2.46. The first kappa shape index (κ1) is 13.4. The van der Waals surface area contributed by atoms with E-state index in [-0.39, 0.29) is 5.91 Å². The molecule has 94 valence electrons. The molecule has 0 aromatic carbocycles. The van der Waals surface area contributed by atoms with Gasteiger partial charge in [-0.2, -0.15) is 0 Å². The Morgan fingerprint density at radius 3 is 2.65 bits per heavy atom. The fraction of sp³-hybridized carbons (Fsp3) is 0.545. The SMILES string of the molecule is CCNc1cnc(C(=O)NCCN(C)C)cn1. The summed E-state index contributed by atoms with van der Waals surface area (Å²) in [4.78, 5) is 21.8. The molecule has 1 heterocycles. The molecule has 2 N–H and O–H groups in total. The van der Waals surface area contributed by atoms with Gasteiger partial charge in [0, 0.05) is 19.6 Å². The number of hydrogen-bond acceptors (Lipinski definition) is 5. The number of carbonyl (C=O) groups is 1. The van der Waals surface area contributed by atoms with Gasteiger partial charge in [0.25, 0.3) is 5.91 Å². The zero-order chi connectivity index (χ0) is 12.7. The van der Waals surface area contributed by atoms with Crippen molar-refractivity contribution < 1.29 is 4.79 Å². The molecule has 0 aliphatic heterocycles. The highest BCUT2D eigenvalue weighted by molar-refractivity contribution is 5.91. The monoisotopic (exact) mass is 237 g/mol. The molecule has 0 fully saturated rings. The van der Waals surface area contributed by atoms with E-state index in [4.69, 9.17) is 0 Å². The number of hydrogen-bond donors (Lipinski definition) is 2. The topological polar surface area (TPSA) is 70.2 Å². The van der Waals surface area contributed by atoms with Gasteiger partial charge in [0.2, 0.25) is 0 Å². The van der Waals surface area contributed by atoms with E-state index >= 15 is 0 Å². The Morgan fingerprint density at radius 1 is 1.35 bits per heavy atom. The smallest absolute Gasteiger partial charge is 0.271 e. The van der Waals surface area contributed by atoms with E-state index in [1.165, 1.54) is 6.20 Å². The molecule has 0 bridgehead atoms. The second-order valence-electron chi connectivity index (χ2n) is 3.88. The van der Waals surface area contributed by atoms with Crippen LogP contribution in [0.3, 0.4) is 0 Å². The highest BCUT2D eigenvalue weighted by Gasteiger charge is 2.06. The molecule has 0 saturated heterocycles. The molecular weight excluding hydrogens is 218 g/mol. The molecule has 6 heteroatoms. The lowest BCUT2D eigenvalue weighted by Crippen LogP contribution is -2.31. The third-order valence-electron chi connectivity index (χ3n) is 2.09. The molecule has 6 nitrogen and oxygen atoms in total. The molecule has 0 aliphatic rings. The molecule has 0 unspecified atom stereocenters. The van der Waals surface area contributed by atoms with Crippen LogP contribution >= 0.6 is 0 Å². The number of aromatic nitrogens is 2. The van der Waals surface area contributed by atoms with E-state index in [1.54, 1.807) is 6.20 Å². The lowest BCUT2D eigenvalue weighted by Gasteiger charge is -2.10. The van der Waals surface area contributed by atoms with Crippen molar-refractivity contribution in [3.63, 3.8) is 0 Å². The highest BCUT2D eigenvalue weighted by atomic mass is 16.1. The van der Waals surface area contributed by atoms with Crippen LogP contribution in [0.2, 0.25) is 0 Å². The first-order valence-corrected chi connectivity index (χ1v) is 5.62. The maximum Gasteiger partial charge on any atom is 0.271 e. The fourth-order valence-electron chi connectivity index (χ4n) is 1.20. The minimum Gasteiger partial charge on any atom is -0.369 e. The van der Waals surface area contributed by atoms with Gasteiger partial charge >= 0.3 is 0 Å². The second kappa shape index (κ2) is 6.80. The summed E-state index contributed by atoms with van der Waals surface area (Å²) in [6, 6.07) is 0. The van der Waals surface area contributed by atoms with Crippen LogP contribution < -0.4 is 10.6 Å². The standard InChI is InChI=1S/C11H19N5O/c1-4-12-10-8-14-9(7-15-10)11(17)13-5-6-16(2)3/h7-8H,4-6H2,1-3H3,(H,12,15)(H,13,17). The number of likely N-dealkylation sites (N-methyl/N-ethyl adjacent to an activating group) is 1. The summed E-state index contributed by atoms with van der Waals surface area (Å²) in [5, 5.41) is 5.80. The molecule has 1 rings (SSSR count). The minimum atomic E-state index is -0.192. The van der Waals surface area contributed by atoms with Gasteiger partial charge in [-0.25, -0.2) is 9.97 Å². The Morgan fingerprint density at radius 2 is 2.12 bits per heavy atom. The van der Waals surface area contributed by atoms with Crippen LogP contribution in [-0.2, 0) is 0 Å². The van der Waals surface area contributed by atoms with E-state index in [0.29, 0.717) is 18.1 Å². The Hall–Kier alpha value is -1.69. The predicted molar refractivity (Wildman–Crippen MR) is 67.1 cm³/mol. The molecule has 0 spiro atoms. The van der Waals surface area contributed by atoms with Crippen molar-refractivity contribution in [1.82, 2.24) is 20.2 Å². The van der Waals surface area contributed by atoms with Crippen molar-refractivity contribution in [2.45, 2.75) is 6.92 Å². The minimum absolute atomic E-state index is 0.192. The largest absolute Gasteiger partial charge is 0.369 e. The van der Waals surface area contributed by atoms with Crippen LogP contribution in [0.5, 0.6) is 0 Å². The number of carbonyl (C=O) groups excluding carboxylic acids is 1. The van der Waals surface area contributed by atoms with Crippen LogP contribution in [0.4, 0.5) is 5.82 Å². The van der Waals surface area contributed by atoms with Crippen molar-refractivity contribution in [2.24, 2.45) is 0 Å². The summed E-state index contributed by atoms with van der Waals surface area (Å²) in [6.07, 6.45) is 3.04. The van der Waals surface area contributed by atoms with Gasteiger partial charge in [0.1, 0.15) is 11.5 Å². The lowest BCUT2D eigenvalue weighted by molar-refractivity contribution is 0.0945. The third kappa shape index (κ3) is 4.78. The number of amides is 1. The van der Waals surface area contributed by atoms with Gasteiger partial charge in [-0.3, -0.25) is 4.79 Å². The van der Waals surface area contributed by atoms with Crippen molar-refractivity contribution in [3.05, 3.63) is 18.1 Å². The molecule has 0 aliphatic carbocycles. The number of anilines is 1. The van der Waals surface area contributed by atoms with Crippen LogP contribution in [0.25, 0.3) is 0 Å². The summed E-state index contributed by atoms with van der Waals surface area (Å²) in [7, 11) is 3.91. The van der Waals surface area contributed by atoms with E-state index in [2.05, 4.69) is 20.6 Å². The molecule has 0 saturated carbocycles. The molecular formula is C11H19N5O. The summed E-state index contributed by atoms with van der Waals surface area (Å²) in [5.41, 5.74) is 0.338. The molecule has 1 aromatic rings. The molecule has 17 heavy (non-hydrogen) atoms. The van der Waals surface area contributed by atoms with Gasteiger partial charge in [0.05, 0.1) is 12.4 Å². The van der Waals surface area contributed by atoms with E-state index in [1.807, 2.05) is 25.9 Å². The first-order valence-electron chi connectivity index (χ1n) is 5.62. The van der Waals surface area contributed by atoms with Crippen LogP contribution in [-0.4, -0.2) is 54.5 Å². The zero-order valence-corrected chi connectivity index (χ0v) is 10.5. The van der Waals surface area contributed by atoms with E-state index < -0.39 is 0 Å². The maximum absolute atomic E-state index is 11.6. The average Bonchev–Trinajstić information content (AvgIpc) is 2.30.